The summed E-state index contributed by atoms with van der Waals surface area (Å²) in [5, 5.41) is 0. The molecule has 1 aliphatic heterocycles. The van der Waals surface area contributed by atoms with E-state index < -0.39 is 23.8 Å². The Labute approximate surface area is 165 Å². The van der Waals surface area contributed by atoms with Crippen molar-refractivity contribution in [2.24, 2.45) is 10.9 Å². The van der Waals surface area contributed by atoms with Crippen LogP contribution in [0.15, 0.2) is 40.5 Å². The van der Waals surface area contributed by atoms with Gasteiger partial charge in [-0.15, -0.1) is 0 Å². The van der Waals surface area contributed by atoms with E-state index in [9.17, 15) is 9.59 Å². The Kier molecular flexibility index (Phi) is 7.34. The summed E-state index contributed by atoms with van der Waals surface area (Å²) in [6.45, 7) is 7.46. The fourth-order valence-electron chi connectivity index (χ4n) is 3.31. The molecule has 7 nitrogen and oxygen atoms in total. The first-order valence-corrected chi connectivity index (χ1v) is 9.24. The zero-order valence-corrected chi connectivity index (χ0v) is 17.0. The summed E-state index contributed by atoms with van der Waals surface area (Å²) in [4.78, 5) is 30.2. The molecule has 1 unspecified atom stereocenters. The predicted octanol–water partition coefficient (Wildman–Crippen LogP) is 2.86. The molecular formula is C21H28N2O5. The van der Waals surface area contributed by atoms with Gasteiger partial charge in [0.1, 0.15) is 12.5 Å². The minimum absolute atomic E-state index is 0.122. The number of nitrogens with two attached hydrogens (primary N) is 1. The van der Waals surface area contributed by atoms with Crippen molar-refractivity contribution in [2.45, 2.75) is 39.7 Å². The summed E-state index contributed by atoms with van der Waals surface area (Å²) >= 11 is 0. The maximum absolute atomic E-state index is 12.9. The third-order valence-electron chi connectivity index (χ3n) is 4.45. The lowest BCUT2D eigenvalue weighted by Crippen LogP contribution is -2.37. The molecular weight excluding hydrogens is 360 g/mol. The Morgan fingerprint density at radius 2 is 1.93 bits per heavy atom. The van der Waals surface area contributed by atoms with Gasteiger partial charge in [0.2, 0.25) is 0 Å². The highest BCUT2D eigenvalue weighted by Gasteiger charge is 2.42. The number of carbonyl (C=O) groups is 2. The van der Waals surface area contributed by atoms with Gasteiger partial charge in [-0.25, -0.2) is 4.79 Å². The first-order chi connectivity index (χ1) is 13.3. The second kappa shape index (κ2) is 9.50. The number of methoxy groups -OCH3 is 1. The lowest BCUT2D eigenvalue weighted by Gasteiger charge is -2.32. The number of esters is 2. The molecule has 1 aliphatic rings. The fraction of sp³-hybridized carbons (Fsp3) is 0.476. The molecule has 0 bridgehead atoms. The summed E-state index contributed by atoms with van der Waals surface area (Å²) in [7, 11) is 1.53. The topological polar surface area (TPSA) is 100 Å². The number of anilines is 1. The van der Waals surface area contributed by atoms with Crippen molar-refractivity contribution in [3.63, 3.8) is 0 Å². The van der Waals surface area contributed by atoms with Crippen LogP contribution in [0.1, 0.15) is 39.2 Å². The lowest BCUT2D eigenvalue weighted by atomic mass is 9.75. The van der Waals surface area contributed by atoms with Gasteiger partial charge in [-0.2, -0.15) is 0 Å². The van der Waals surface area contributed by atoms with Crippen molar-refractivity contribution in [1.29, 1.82) is 0 Å². The fourth-order valence-corrected chi connectivity index (χ4v) is 3.31. The molecule has 0 saturated carbocycles. The standard InChI is InChI=1S/C21H28N2O5/c1-12(2)28-21(25)18-14(4)23-13(3)17(20(24)27-10-9-26-5)19(18)15-7-6-8-16(22)11-15/h6-8,11-12,17,19H,9-10,22H2,1-5H3/t17?,19-/m1/s1. The van der Waals surface area contributed by atoms with Gasteiger partial charge in [0.05, 0.1) is 18.3 Å². The van der Waals surface area contributed by atoms with Crippen molar-refractivity contribution >= 4 is 23.3 Å². The highest BCUT2D eigenvalue weighted by atomic mass is 16.6. The third kappa shape index (κ3) is 4.98. The van der Waals surface area contributed by atoms with E-state index >= 15 is 0 Å². The summed E-state index contributed by atoms with van der Waals surface area (Å²) in [6, 6.07) is 7.14. The van der Waals surface area contributed by atoms with E-state index in [0.29, 0.717) is 22.7 Å². The number of hydrogen-bond donors (Lipinski definition) is 1. The number of rotatable bonds is 7. The zero-order chi connectivity index (χ0) is 20.8. The zero-order valence-electron chi connectivity index (χ0n) is 17.0. The van der Waals surface area contributed by atoms with E-state index in [4.69, 9.17) is 19.9 Å². The van der Waals surface area contributed by atoms with Crippen LogP contribution in [0.25, 0.3) is 0 Å². The number of hydrogen-bond acceptors (Lipinski definition) is 7. The molecule has 28 heavy (non-hydrogen) atoms. The SMILES string of the molecule is COCCOC(=O)C1C(C)=NC(C)=C(C(=O)OC(C)C)[C@@H]1c1cccc(N)c1. The number of aliphatic imine (C=N–C) groups is 1. The molecule has 0 saturated heterocycles. The van der Waals surface area contributed by atoms with Crippen molar-refractivity contribution in [1.82, 2.24) is 0 Å². The average Bonchev–Trinajstić information content (AvgIpc) is 2.60. The second-order valence-electron chi connectivity index (χ2n) is 6.99. The van der Waals surface area contributed by atoms with Crippen LogP contribution in [-0.4, -0.2) is 44.1 Å². The van der Waals surface area contributed by atoms with Crippen LogP contribution in [0.2, 0.25) is 0 Å². The summed E-state index contributed by atoms with van der Waals surface area (Å²) < 4.78 is 15.7. The molecule has 0 radical (unpaired) electrons. The molecule has 7 heteroatoms. The molecule has 2 N–H and O–H groups in total. The lowest BCUT2D eigenvalue weighted by molar-refractivity contribution is -0.148. The molecule has 1 aromatic carbocycles. The van der Waals surface area contributed by atoms with Crippen LogP contribution in [0.4, 0.5) is 5.69 Å². The molecule has 0 aromatic heterocycles. The van der Waals surface area contributed by atoms with Crippen LogP contribution in [0.3, 0.4) is 0 Å². The van der Waals surface area contributed by atoms with Crippen molar-refractivity contribution in [3.05, 3.63) is 41.1 Å². The smallest absolute Gasteiger partial charge is 0.336 e. The Morgan fingerprint density at radius 3 is 2.54 bits per heavy atom. The molecule has 0 amide bonds. The maximum Gasteiger partial charge on any atom is 0.336 e. The van der Waals surface area contributed by atoms with E-state index in [0.717, 1.165) is 5.56 Å². The minimum Gasteiger partial charge on any atom is -0.463 e. The summed E-state index contributed by atoms with van der Waals surface area (Å²) in [6.07, 6.45) is -0.298. The minimum atomic E-state index is -0.753. The number of nitrogen functional groups attached to an aromatic ring is 1. The van der Waals surface area contributed by atoms with Crippen LogP contribution in [-0.2, 0) is 23.8 Å². The van der Waals surface area contributed by atoms with Crippen molar-refractivity contribution in [2.75, 3.05) is 26.1 Å². The first kappa shape index (κ1) is 21.6. The van der Waals surface area contributed by atoms with Gasteiger partial charge in [-0.1, -0.05) is 12.1 Å². The highest BCUT2D eigenvalue weighted by Crippen LogP contribution is 2.40. The van der Waals surface area contributed by atoms with Gasteiger partial charge in [0.25, 0.3) is 0 Å². The molecule has 0 fully saturated rings. The van der Waals surface area contributed by atoms with Gasteiger partial charge in [-0.05, 0) is 45.4 Å². The molecule has 1 aromatic rings. The molecule has 1 heterocycles. The summed E-state index contributed by atoms with van der Waals surface area (Å²) in [5.41, 5.74) is 8.68. The van der Waals surface area contributed by atoms with E-state index in [1.54, 1.807) is 45.9 Å². The van der Waals surface area contributed by atoms with E-state index in [2.05, 4.69) is 4.99 Å². The van der Waals surface area contributed by atoms with Gasteiger partial charge in [-0.3, -0.25) is 9.79 Å². The normalized spacial score (nSPS) is 19.4. The monoisotopic (exact) mass is 388 g/mol. The summed E-state index contributed by atoms with van der Waals surface area (Å²) in [5.74, 6) is -2.31. The number of nitrogens with zero attached hydrogens (tertiary/aromatic N) is 1. The van der Waals surface area contributed by atoms with E-state index in [1.807, 2.05) is 6.07 Å². The molecule has 152 valence electrons. The van der Waals surface area contributed by atoms with E-state index in [1.165, 1.54) is 7.11 Å². The van der Waals surface area contributed by atoms with Gasteiger partial charge in [0.15, 0.2) is 0 Å². The number of benzene rings is 1. The molecule has 0 aliphatic carbocycles. The van der Waals surface area contributed by atoms with Gasteiger partial charge in [0, 0.05) is 30.1 Å². The third-order valence-corrected chi connectivity index (χ3v) is 4.45. The second-order valence-corrected chi connectivity index (χ2v) is 6.99. The highest BCUT2D eigenvalue weighted by molar-refractivity contribution is 6.07. The maximum atomic E-state index is 12.9. The van der Waals surface area contributed by atoms with Crippen LogP contribution in [0.5, 0.6) is 0 Å². The van der Waals surface area contributed by atoms with Crippen molar-refractivity contribution < 1.29 is 23.8 Å². The number of carbonyl (C=O) groups excluding carboxylic acids is 2. The average molecular weight is 388 g/mol. The molecule has 2 atom stereocenters. The van der Waals surface area contributed by atoms with Crippen molar-refractivity contribution in [3.8, 4) is 0 Å². The number of allylic oxidation sites excluding steroid dienone is 1. The Hall–Kier alpha value is -2.67. The van der Waals surface area contributed by atoms with Crippen LogP contribution in [0, 0.1) is 5.92 Å². The first-order valence-electron chi connectivity index (χ1n) is 9.24. The van der Waals surface area contributed by atoms with Gasteiger partial charge < -0.3 is 19.9 Å². The largest absolute Gasteiger partial charge is 0.463 e. The van der Waals surface area contributed by atoms with E-state index in [-0.39, 0.29) is 19.3 Å². The van der Waals surface area contributed by atoms with Crippen LogP contribution < -0.4 is 5.73 Å². The Morgan fingerprint density at radius 1 is 1.21 bits per heavy atom. The Bertz CT molecular complexity index is 798. The predicted molar refractivity (Wildman–Crippen MR) is 107 cm³/mol. The Balaban J connectivity index is 2.53. The number of ether oxygens (including phenoxy) is 3. The quantitative estimate of drug-likeness (QED) is 0.438. The van der Waals surface area contributed by atoms with Crippen LogP contribution >= 0.6 is 0 Å². The van der Waals surface area contributed by atoms with Gasteiger partial charge >= 0.3 is 11.9 Å². The molecule has 0 spiro atoms. The molecule has 2 rings (SSSR count).